The smallest absolute Gasteiger partial charge is 0.138 e. The highest BCUT2D eigenvalue weighted by Gasteiger charge is 2.04. The molecule has 0 atom stereocenters. The average molecular weight is 204 g/mol. The van der Waals surface area contributed by atoms with Crippen LogP contribution in [0.5, 0.6) is 0 Å². The summed E-state index contributed by atoms with van der Waals surface area (Å²) in [5.74, 6) is 0. The lowest BCUT2D eigenvalue weighted by atomic mass is 10.2. The van der Waals surface area contributed by atoms with E-state index in [1.807, 2.05) is 12.1 Å². The SMILES string of the molecule is Clc1cc2[nH]c3ncccc3c2cn1. The normalized spacial score (nSPS) is 11.2. The highest BCUT2D eigenvalue weighted by Crippen LogP contribution is 2.24. The predicted octanol–water partition coefficient (Wildman–Crippen LogP) is 2.76. The Balaban J connectivity index is 2.57. The van der Waals surface area contributed by atoms with Crippen molar-refractivity contribution in [1.29, 1.82) is 0 Å². The number of hydrogen-bond acceptors (Lipinski definition) is 2. The van der Waals surface area contributed by atoms with Crippen molar-refractivity contribution in [2.45, 2.75) is 0 Å². The van der Waals surface area contributed by atoms with Gasteiger partial charge in [0.05, 0.1) is 5.52 Å². The summed E-state index contributed by atoms with van der Waals surface area (Å²) in [4.78, 5) is 11.5. The third kappa shape index (κ3) is 0.992. The molecule has 0 bridgehead atoms. The van der Waals surface area contributed by atoms with Crippen LogP contribution in [-0.4, -0.2) is 15.0 Å². The minimum atomic E-state index is 0.490. The first-order valence-corrected chi connectivity index (χ1v) is 4.60. The summed E-state index contributed by atoms with van der Waals surface area (Å²) < 4.78 is 0. The van der Waals surface area contributed by atoms with Crippen molar-refractivity contribution in [3.8, 4) is 0 Å². The van der Waals surface area contributed by atoms with Gasteiger partial charge in [-0.1, -0.05) is 11.6 Å². The van der Waals surface area contributed by atoms with Crippen LogP contribution in [0.2, 0.25) is 5.15 Å². The largest absolute Gasteiger partial charge is 0.339 e. The maximum absolute atomic E-state index is 5.79. The van der Waals surface area contributed by atoms with E-state index in [0.717, 1.165) is 21.9 Å². The van der Waals surface area contributed by atoms with Crippen molar-refractivity contribution in [3.63, 3.8) is 0 Å². The highest BCUT2D eigenvalue weighted by molar-refractivity contribution is 6.30. The number of hydrogen-bond donors (Lipinski definition) is 1. The molecule has 0 aliphatic carbocycles. The Morgan fingerprint density at radius 2 is 2.14 bits per heavy atom. The van der Waals surface area contributed by atoms with Crippen LogP contribution in [-0.2, 0) is 0 Å². The minimum absolute atomic E-state index is 0.490. The zero-order valence-electron chi connectivity index (χ0n) is 7.16. The van der Waals surface area contributed by atoms with Crippen LogP contribution >= 0.6 is 11.6 Å². The molecule has 4 heteroatoms. The molecule has 14 heavy (non-hydrogen) atoms. The van der Waals surface area contributed by atoms with Gasteiger partial charge in [0.1, 0.15) is 10.8 Å². The number of halogens is 1. The third-order valence-corrected chi connectivity index (χ3v) is 2.43. The van der Waals surface area contributed by atoms with Crippen LogP contribution in [0.3, 0.4) is 0 Å². The molecule has 68 valence electrons. The molecular weight excluding hydrogens is 198 g/mol. The molecule has 0 fully saturated rings. The summed E-state index contributed by atoms with van der Waals surface area (Å²) in [6, 6.07) is 5.72. The topological polar surface area (TPSA) is 41.6 Å². The Kier molecular flexibility index (Phi) is 1.49. The standard InChI is InChI=1S/C10H6ClN3/c11-9-4-8-7(5-13-9)6-2-1-3-12-10(6)14-8/h1-5H,(H,12,14). The van der Waals surface area contributed by atoms with E-state index in [0.29, 0.717) is 5.15 Å². The van der Waals surface area contributed by atoms with Crippen molar-refractivity contribution in [1.82, 2.24) is 15.0 Å². The average Bonchev–Trinajstić information content (AvgIpc) is 2.54. The van der Waals surface area contributed by atoms with E-state index in [1.54, 1.807) is 18.5 Å². The van der Waals surface area contributed by atoms with Gasteiger partial charge in [-0.25, -0.2) is 9.97 Å². The number of fused-ring (bicyclic) bond motifs is 3. The summed E-state index contributed by atoms with van der Waals surface area (Å²) >= 11 is 5.79. The van der Waals surface area contributed by atoms with Crippen molar-refractivity contribution in [2.75, 3.05) is 0 Å². The molecule has 0 amide bonds. The van der Waals surface area contributed by atoms with E-state index in [-0.39, 0.29) is 0 Å². The molecule has 3 aromatic rings. The molecule has 0 aliphatic rings. The lowest BCUT2D eigenvalue weighted by molar-refractivity contribution is 1.33. The van der Waals surface area contributed by atoms with Gasteiger partial charge in [-0.2, -0.15) is 0 Å². The Morgan fingerprint density at radius 3 is 3.07 bits per heavy atom. The number of H-pyrrole nitrogens is 1. The van der Waals surface area contributed by atoms with Gasteiger partial charge in [0.15, 0.2) is 0 Å². The van der Waals surface area contributed by atoms with Crippen molar-refractivity contribution in [2.24, 2.45) is 0 Å². The van der Waals surface area contributed by atoms with E-state index >= 15 is 0 Å². The van der Waals surface area contributed by atoms with E-state index in [1.165, 1.54) is 0 Å². The quantitative estimate of drug-likeness (QED) is 0.571. The lowest BCUT2D eigenvalue weighted by Crippen LogP contribution is -1.73. The van der Waals surface area contributed by atoms with Crippen LogP contribution in [0.4, 0.5) is 0 Å². The summed E-state index contributed by atoms with van der Waals surface area (Å²) in [5.41, 5.74) is 1.84. The number of aromatic nitrogens is 3. The van der Waals surface area contributed by atoms with Gasteiger partial charge in [0.2, 0.25) is 0 Å². The molecule has 0 saturated carbocycles. The first-order chi connectivity index (χ1) is 6.84. The molecule has 3 aromatic heterocycles. The van der Waals surface area contributed by atoms with Crippen molar-refractivity contribution < 1.29 is 0 Å². The molecule has 3 rings (SSSR count). The maximum atomic E-state index is 5.79. The van der Waals surface area contributed by atoms with Crippen molar-refractivity contribution >= 4 is 33.5 Å². The molecule has 0 spiro atoms. The predicted molar refractivity (Wildman–Crippen MR) is 56.4 cm³/mol. The molecule has 3 heterocycles. The van der Waals surface area contributed by atoms with Crippen LogP contribution < -0.4 is 0 Å². The Bertz CT molecular complexity index is 615. The Hall–Kier alpha value is -1.61. The van der Waals surface area contributed by atoms with Crippen molar-refractivity contribution in [3.05, 3.63) is 35.7 Å². The number of aromatic amines is 1. The molecule has 0 aliphatic heterocycles. The Labute approximate surface area is 84.7 Å². The van der Waals surface area contributed by atoms with Gasteiger partial charge in [-0.3, -0.25) is 0 Å². The Morgan fingerprint density at radius 1 is 1.21 bits per heavy atom. The number of nitrogens with one attached hydrogen (secondary N) is 1. The molecule has 3 nitrogen and oxygen atoms in total. The molecule has 0 unspecified atom stereocenters. The highest BCUT2D eigenvalue weighted by atomic mass is 35.5. The van der Waals surface area contributed by atoms with Gasteiger partial charge in [0, 0.05) is 23.2 Å². The lowest BCUT2D eigenvalue weighted by Gasteiger charge is -1.89. The minimum Gasteiger partial charge on any atom is -0.339 e. The number of pyridine rings is 2. The van der Waals surface area contributed by atoms with E-state index in [4.69, 9.17) is 11.6 Å². The van der Waals surface area contributed by atoms with E-state index in [2.05, 4.69) is 15.0 Å². The van der Waals surface area contributed by atoms with Gasteiger partial charge >= 0.3 is 0 Å². The molecule has 0 radical (unpaired) electrons. The number of nitrogens with zero attached hydrogens (tertiary/aromatic N) is 2. The zero-order valence-corrected chi connectivity index (χ0v) is 7.92. The summed E-state index contributed by atoms with van der Waals surface area (Å²) in [6.45, 7) is 0. The van der Waals surface area contributed by atoms with Crippen LogP contribution in [0, 0.1) is 0 Å². The van der Waals surface area contributed by atoms with E-state index < -0.39 is 0 Å². The van der Waals surface area contributed by atoms with Gasteiger partial charge in [-0.05, 0) is 18.2 Å². The second kappa shape index (κ2) is 2.69. The summed E-state index contributed by atoms with van der Waals surface area (Å²) in [5, 5.41) is 2.62. The number of rotatable bonds is 0. The molecule has 0 aromatic carbocycles. The first kappa shape index (κ1) is 7.76. The molecule has 1 N–H and O–H groups in total. The van der Waals surface area contributed by atoms with Gasteiger partial charge in [-0.15, -0.1) is 0 Å². The fourth-order valence-electron chi connectivity index (χ4n) is 1.60. The van der Waals surface area contributed by atoms with E-state index in [9.17, 15) is 0 Å². The van der Waals surface area contributed by atoms with Crippen LogP contribution in [0.25, 0.3) is 21.9 Å². The fourth-order valence-corrected chi connectivity index (χ4v) is 1.76. The molecular formula is C10H6ClN3. The van der Waals surface area contributed by atoms with Crippen LogP contribution in [0.15, 0.2) is 30.6 Å². The second-order valence-corrected chi connectivity index (χ2v) is 3.46. The maximum Gasteiger partial charge on any atom is 0.138 e. The third-order valence-electron chi connectivity index (χ3n) is 2.22. The first-order valence-electron chi connectivity index (χ1n) is 4.22. The van der Waals surface area contributed by atoms with Gasteiger partial charge in [0.25, 0.3) is 0 Å². The zero-order chi connectivity index (χ0) is 9.54. The van der Waals surface area contributed by atoms with Gasteiger partial charge < -0.3 is 4.98 Å². The molecule has 0 saturated heterocycles. The summed E-state index contributed by atoms with van der Waals surface area (Å²) in [7, 11) is 0. The fraction of sp³-hybridized carbons (Fsp3) is 0. The van der Waals surface area contributed by atoms with Crippen LogP contribution in [0.1, 0.15) is 0 Å². The monoisotopic (exact) mass is 203 g/mol. The second-order valence-electron chi connectivity index (χ2n) is 3.08. The summed E-state index contributed by atoms with van der Waals surface area (Å²) in [6.07, 6.45) is 3.52.